The third-order valence-electron chi connectivity index (χ3n) is 3.74. The Balaban J connectivity index is 2.03. The molecule has 0 saturated heterocycles. The van der Waals surface area contributed by atoms with E-state index in [1.165, 1.54) is 38.6 Å². The van der Waals surface area contributed by atoms with Crippen molar-refractivity contribution in [3.8, 4) is 0 Å². The lowest BCUT2D eigenvalue weighted by atomic mass is 10.0. The van der Waals surface area contributed by atoms with Gasteiger partial charge in [-0.1, -0.05) is 27.2 Å². The van der Waals surface area contributed by atoms with Gasteiger partial charge in [-0.2, -0.15) is 0 Å². The molecule has 1 nitrogen and oxygen atoms in total. The van der Waals surface area contributed by atoms with Crippen LogP contribution in [-0.4, -0.2) is 12.6 Å². The summed E-state index contributed by atoms with van der Waals surface area (Å²) in [6.07, 6.45) is 7.04. The lowest BCUT2D eigenvalue weighted by molar-refractivity contribution is 0.401. The zero-order chi connectivity index (χ0) is 11.3. The second kappa shape index (κ2) is 6.52. The summed E-state index contributed by atoms with van der Waals surface area (Å²) in [6.45, 7) is 10.6. The number of hydrogen-bond donors (Lipinski definition) is 1. The van der Waals surface area contributed by atoms with Gasteiger partial charge in [0.2, 0.25) is 0 Å². The standard InChI is InChI=1S/C14H29N/c1-11(2)5-7-13(4)15-10-14-8-6-12(3)9-14/h11-15H,5-10H2,1-4H3. The monoisotopic (exact) mass is 211 g/mol. The van der Waals surface area contributed by atoms with E-state index in [0.29, 0.717) is 6.04 Å². The average Bonchev–Trinajstić information content (AvgIpc) is 2.58. The van der Waals surface area contributed by atoms with Crippen molar-refractivity contribution in [1.29, 1.82) is 0 Å². The summed E-state index contributed by atoms with van der Waals surface area (Å²) in [5.74, 6) is 2.78. The van der Waals surface area contributed by atoms with E-state index in [4.69, 9.17) is 0 Å². The quantitative estimate of drug-likeness (QED) is 0.704. The van der Waals surface area contributed by atoms with Crippen LogP contribution >= 0.6 is 0 Å². The lowest BCUT2D eigenvalue weighted by Gasteiger charge is -2.18. The SMILES string of the molecule is CC(C)CCC(C)NCC1CCC(C)C1. The Hall–Kier alpha value is -0.0400. The van der Waals surface area contributed by atoms with Crippen LogP contribution < -0.4 is 5.32 Å². The van der Waals surface area contributed by atoms with Gasteiger partial charge in [0.05, 0.1) is 0 Å². The van der Waals surface area contributed by atoms with E-state index in [1.54, 1.807) is 0 Å². The molecule has 0 heterocycles. The van der Waals surface area contributed by atoms with E-state index >= 15 is 0 Å². The normalized spacial score (nSPS) is 28.6. The maximum atomic E-state index is 3.70. The van der Waals surface area contributed by atoms with Crippen molar-refractivity contribution in [1.82, 2.24) is 5.32 Å². The number of nitrogens with one attached hydrogen (secondary N) is 1. The molecule has 1 heteroatoms. The molecule has 0 aliphatic heterocycles. The highest BCUT2D eigenvalue weighted by atomic mass is 14.9. The minimum atomic E-state index is 0.711. The van der Waals surface area contributed by atoms with Crippen molar-refractivity contribution in [3.05, 3.63) is 0 Å². The van der Waals surface area contributed by atoms with E-state index in [2.05, 4.69) is 33.0 Å². The summed E-state index contributed by atoms with van der Waals surface area (Å²) < 4.78 is 0. The molecule has 0 radical (unpaired) electrons. The van der Waals surface area contributed by atoms with Crippen LogP contribution in [0.1, 0.15) is 59.8 Å². The zero-order valence-electron chi connectivity index (χ0n) is 11.1. The van der Waals surface area contributed by atoms with Crippen LogP contribution in [0.4, 0.5) is 0 Å². The van der Waals surface area contributed by atoms with Crippen molar-refractivity contribution in [2.45, 2.75) is 65.8 Å². The van der Waals surface area contributed by atoms with Crippen molar-refractivity contribution in [2.75, 3.05) is 6.54 Å². The van der Waals surface area contributed by atoms with Gasteiger partial charge >= 0.3 is 0 Å². The van der Waals surface area contributed by atoms with E-state index in [9.17, 15) is 0 Å². The van der Waals surface area contributed by atoms with Gasteiger partial charge in [-0.15, -0.1) is 0 Å². The van der Waals surface area contributed by atoms with Crippen molar-refractivity contribution < 1.29 is 0 Å². The van der Waals surface area contributed by atoms with Gasteiger partial charge in [-0.05, 0) is 56.9 Å². The molecule has 0 spiro atoms. The molecule has 1 aliphatic carbocycles. The molecule has 3 atom stereocenters. The highest BCUT2D eigenvalue weighted by Crippen LogP contribution is 2.29. The van der Waals surface area contributed by atoms with Crippen molar-refractivity contribution in [2.24, 2.45) is 17.8 Å². The Morgan fingerprint density at radius 3 is 2.40 bits per heavy atom. The first-order valence-corrected chi connectivity index (χ1v) is 6.81. The predicted octanol–water partition coefficient (Wildman–Crippen LogP) is 3.84. The minimum Gasteiger partial charge on any atom is -0.314 e. The molecule has 1 N–H and O–H groups in total. The molecule has 1 fully saturated rings. The smallest absolute Gasteiger partial charge is 0.00389 e. The Kier molecular flexibility index (Phi) is 5.66. The fourth-order valence-corrected chi connectivity index (χ4v) is 2.56. The maximum absolute atomic E-state index is 3.70. The van der Waals surface area contributed by atoms with Gasteiger partial charge in [0, 0.05) is 6.04 Å². The molecule has 0 bridgehead atoms. The summed E-state index contributed by atoms with van der Waals surface area (Å²) in [7, 11) is 0. The Morgan fingerprint density at radius 1 is 1.13 bits per heavy atom. The summed E-state index contributed by atoms with van der Waals surface area (Å²) in [4.78, 5) is 0. The molecule has 0 aromatic heterocycles. The Bertz CT molecular complexity index is 165. The van der Waals surface area contributed by atoms with Crippen molar-refractivity contribution >= 4 is 0 Å². The second-order valence-corrected chi connectivity index (χ2v) is 6.06. The lowest BCUT2D eigenvalue weighted by Crippen LogP contribution is -2.30. The average molecular weight is 211 g/mol. The third-order valence-corrected chi connectivity index (χ3v) is 3.74. The third kappa shape index (κ3) is 5.55. The van der Waals surface area contributed by atoms with Crippen LogP contribution in [0.2, 0.25) is 0 Å². The van der Waals surface area contributed by atoms with E-state index in [-0.39, 0.29) is 0 Å². The minimum absolute atomic E-state index is 0.711. The van der Waals surface area contributed by atoms with Crippen LogP contribution in [0.5, 0.6) is 0 Å². The molecule has 90 valence electrons. The number of hydrogen-bond acceptors (Lipinski definition) is 1. The summed E-state index contributed by atoms with van der Waals surface area (Å²) in [5, 5.41) is 3.70. The fourth-order valence-electron chi connectivity index (χ4n) is 2.56. The molecule has 15 heavy (non-hydrogen) atoms. The van der Waals surface area contributed by atoms with Gasteiger partial charge in [0.1, 0.15) is 0 Å². The zero-order valence-corrected chi connectivity index (χ0v) is 11.1. The predicted molar refractivity (Wildman–Crippen MR) is 68.0 cm³/mol. The maximum Gasteiger partial charge on any atom is 0.00389 e. The second-order valence-electron chi connectivity index (χ2n) is 6.06. The van der Waals surface area contributed by atoms with Crippen LogP contribution in [0.15, 0.2) is 0 Å². The topological polar surface area (TPSA) is 12.0 Å². The first kappa shape index (κ1) is 13.0. The first-order valence-electron chi connectivity index (χ1n) is 6.81. The summed E-state index contributed by atoms with van der Waals surface area (Å²) >= 11 is 0. The Labute approximate surface area is 96.0 Å². The fraction of sp³-hybridized carbons (Fsp3) is 1.00. The number of rotatable bonds is 6. The van der Waals surface area contributed by atoms with Gasteiger partial charge < -0.3 is 5.32 Å². The molecule has 3 unspecified atom stereocenters. The first-order chi connectivity index (χ1) is 7.08. The van der Waals surface area contributed by atoms with Crippen LogP contribution in [0.25, 0.3) is 0 Å². The van der Waals surface area contributed by atoms with E-state index in [0.717, 1.165) is 17.8 Å². The molecule has 1 aliphatic rings. The largest absolute Gasteiger partial charge is 0.314 e. The van der Waals surface area contributed by atoms with Gasteiger partial charge in [-0.3, -0.25) is 0 Å². The molecule has 0 aromatic rings. The van der Waals surface area contributed by atoms with Crippen LogP contribution in [-0.2, 0) is 0 Å². The molecular formula is C14H29N. The molecule has 1 saturated carbocycles. The summed E-state index contributed by atoms with van der Waals surface area (Å²) in [6, 6.07) is 0.711. The van der Waals surface area contributed by atoms with Crippen molar-refractivity contribution in [3.63, 3.8) is 0 Å². The molecule has 0 amide bonds. The van der Waals surface area contributed by atoms with E-state index < -0.39 is 0 Å². The molecular weight excluding hydrogens is 182 g/mol. The van der Waals surface area contributed by atoms with Gasteiger partial charge in [0.15, 0.2) is 0 Å². The molecule has 0 aromatic carbocycles. The van der Waals surface area contributed by atoms with Gasteiger partial charge in [-0.25, -0.2) is 0 Å². The molecule has 1 rings (SSSR count). The van der Waals surface area contributed by atoms with Crippen LogP contribution in [0.3, 0.4) is 0 Å². The van der Waals surface area contributed by atoms with Gasteiger partial charge in [0.25, 0.3) is 0 Å². The summed E-state index contributed by atoms with van der Waals surface area (Å²) in [5.41, 5.74) is 0. The van der Waals surface area contributed by atoms with E-state index in [1.807, 2.05) is 0 Å². The van der Waals surface area contributed by atoms with Crippen LogP contribution in [0, 0.1) is 17.8 Å². The Morgan fingerprint density at radius 2 is 1.87 bits per heavy atom. The highest BCUT2D eigenvalue weighted by Gasteiger charge is 2.21. The highest BCUT2D eigenvalue weighted by molar-refractivity contribution is 4.75.